The largest absolute Gasteiger partial charge is 0.330 e. The SMILES string of the molecule is NCCCCCC(N)C1CCNCC1. The van der Waals surface area contributed by atoms with Crippen molar-refractivity contribution in [2.24, 2.45) is 17.4 Å². The van der Waals surface area contributed by atoms with Gasteiger partial charge in [0.05, 0.1) is 0 Å². The second kappa shape index (κ2) is 7.21. The summed E-state index contributed by atoms with van der Waals surface area (Å²) in [5.41, 5.74) is 11.6. The van der Waals surface area contributed by atoms with Crippen molar-refractivity contribution in [3.05, 3.63) is 0 Å². The van der Waals surface area contributed by atoms with Crippen molar-refractivity contribution in [3.63, 3.8) is 0 Å². The predicted octanol–water partition coefficient (Wildman–Crippen LogP) is 0.832. The molecule has 0 radical (unpaired) electrons. The van der Waals surface area contributed by atoms with Gasteiger partial charge in [-0.15, -0.1) is 0 Å². The summed E-state index contributed by atoms with van der Waals surface area (Å²) >= 11 is 0. The topological polar surface area (TPSA) is 64.1 Å². The lowest BCUT2D eigenvalue weighted by Crippen LogP contribution is -2.38. The third-order valence-electron chi connectivity index (χ3n) is 3.23. The van der Waals surface area contributed by atoms with E-state index in [9.17, 15) is 0 Å². The first-order valence-electron chi connectivity index (χ1n) is 6.01. The fourth-order valence-electron chi connectivity index (χ4n) is 2.21. The highest BCUT2D eigenvalue weighted by Gasteiger charge is 2.19. The summed E-state index contributed by atoms with van der Waals surface area (Å²) in [7, 11) is 0. The Labute approximate surface area is 87.6 Å². The van der Waals surface area contributed by atoms with Crippen LogP contribution in [0.5, 0.6) is 0 Å². The van der Waals surface area contributed by atoms with Crippen molar-refractivity contribution in [1.29, 1.82) is 0 Å². The van der Waals surface area contributed by atoms with Crippen LogP contribution in [0.2, 0.25) is 0 Å². The first-order chi connectivity index (χ1) is 6.84. The van der Waals surface area contributed by atoms with Crippen molar-refractivity contribution in [2.45, 2.75) is 44.6 Å². The highest BCUT2D eigenvalue weighted by Crippen LogP contribution is 2.18. The average molecular weight is 199 g/mol. The molecule has 3 nitrogen and oxygen atoms in total. The lowest BCUT2D eigenvalue weighted by molar-refractivity contribution is 0.302. The second-order valence-corrected chi connectivity index (χ2v) is 4.39. The molecule has 0 aromatic heterocycles. The normalized spacial score (nSPS) is 21.0. The Morgan fingerprint density at radius 2 is 1.86 bits per heavy atom. The maximum Gasteiger partial charge on any atom is 0.00681 e. The molecule has 0 bridgehead atoms. The molecular weight excluding hydrogens is 174 g/mol. The third kappa shape index (κ3) is 4.40. The van der Waals surface area contributed by atoms with E-state index in [2.05, 4.69) is 5.32 Å². The maximum atomic E-state index is 6.17. The molecule has 5 N–H and O–H groups in total. The molecule has 0 amide bonds. The second-order valence-electron chi connectivity index (χ2n) is 4.39. The molecule has 0 aliphatic carbocycles. The number of hydrogen-bond acceptors (Lipinski definition) is 3. The predicted molar refractivity (Wildman–Crippen MR) is 61.1 cm³/mol. The van der Waals surface area contributed by atoms with Crippen LogP contribution in [0.4, 0.5) is 0 Å². The Hall–Kier alpha value is -0.120. The number of nitrogens with two attached hydrogens (primary N) is 2. The summed E-state index contributed by atoms with van der Waals surface area (Å²) in [5.74, 6) is 0.758. The van der Waals surface area contributed by atoms with E-state index in [0.717, 1.165) is 32.0 Å². The Kier molecular flexibility index (Phi) is 6.15. The Morgan fingerprint density at radius 1 is 1.14 bits per heavy atom. The molecule has 14 heavy (non-hydrogen) atoms. The summed E-state index contributed by atoms with van der Waals surface area (Å²) < 4.78 is 0. The zero-order chi connectivity index (χ0) is 10.2. The number of rotatable bonds is 6. The third-order valence-corrected chi connectivity index (χ3v) is 3.23. The number of nitrogens with one attached hydrogen (secondary N) is 1. The summed E-state index contributed by atoms with van der Waals surface area (Å²) in [6.07, 6.45) is 7.36. The quantitative estimate of drug-likeness (QED) is 0.555. The average Bonchev–Trinajstić information content (AvgIpc) is 2.25. The molecule has 0 saturated carbocycles. The standard InChI is InChI=1S/C11H25N3/c12-7-3-1-2-4-11(13)10-5-8-14-9-6-10/h10-11,14H,1-9,12-13H2. The van der Waals surface area contributed by atoms with E-state index in [1.165, 1.54) is 32.1 Å². The van der Waals surface area contributed by atoms with Gasteiger partial charge in [0.25, 0.3) is 0 Å². The lowest BCUT2D eigenvalue weighted by atomic mass is 9.88. The zero-order valence-corrected chi connectivity index (χ0v) is 9.17. The zero-order valence-electron chi connectivity index (χ0n) is 9.17. The Bertz CT molecular complexity index is 132. The van der Waals surface area contributed by atoms with Gasteiger partial charge in [0, 0.05) is 6.04 Å². The fraction of sp³-hybridized carbons (Fsp3) is 1.00. The van der Waals surface area contributed by atoms with E-state index in [1.807, 2.05) is 0 Å². The van der Waals surface area contributed by atoms with Gasteiger partial charge in [0.15, 0.2) is 0 Å². The van der Waals surface area contributed by atoms with Gasteiger partial charge >= 0.3 is 0 Å². The molecular formula is C11H25N3. The van der Waals surface area contributed by atoms with Gasteiger partial charge in [0.1, 0.15) is 0 Å². The van der Waals surface area contributed by atoms with Crippen molar-refractivity contribution in [3.8, 4) is 0 Å². The van der Waals surface area contributed by atoms with E-state index < -0.39 is 0 Å². The molecule has 84 valence electrons. The summed E-state index contributed by atoms with van der Waals surface area (Å²) in [6.45, 7) is 3.13. The van der Waals surface area contributed by atoms with Gasteiger partial charge in [-0.25, -0.2) is 0 Å². The van der Waals surface area contributed by atoms with Crippen LogP contribution in [0.3, 0.4) is 0 Å². The van der Waals surface area contributed by atoms with Crippen LogP contribution in [0, 0.1) is 5.92 Å². The molecule has 1 saturated heterocycles. The van der Waals surface area contributed by atoms with E-state index in [-0.39, 0.29) is 0 Å². The van der Waals surface area contributed by atoms with Gasteiger partial charge in [-0.05, 0) is 51.2 Å². The van der Waals surface area contributed by atoms with Crippen LogP contribution >= 0.6 is 0 Å². The maximum absolute atomic E-state index is 6.17. The highest BCUT2D eigenvalue weighted by molar-refractivity contribution is 4.77. The Balaban J connectivity index is 2.04. The van der Waals surface area contributed by atoms with Gasteiger partial charge < -0.3 is 16.8 Å². The van der Waals surface area contributed by atoms with Gasteiger partial charge in [-0.2, -0.15) is 0 Å². The molecule has 0 aromatic rings. The molecule has 1 heterocycles. The van der Waals surface area contributed by atoms with E-state index >= 15 is 0 Å². The lowest BCUT2D eigenvalue weighted by Gasteiger charge is -2.28. The summed E-state index contributed by atoms with van der Waals surface area (Å²) in [4.78, 5) is 0. The minimum atomic E-state index is 0.426. The molecule has 1 aliphatic heterocycles. The van der Waals surface area contributed by atoms with E-state index in [1.54, 1.807) is 0 Å². The molecule has 1 atom stereocenters. The van der Waals surface area contributed by atoms with Crippen LogP contribution in [0.25, 0.3) is 0 Å². The van der Waals surface area contributed by atoms with Crippen molar-refractivity contribution in [1.82, 2.24) is 5.32 Å². The van der Waals surface area contributed by atoms with Crippen LogP contribution < -0.4 is 16.8 Å². The molecule has 1 fully saturated rings. The highest BCUT2D eigenvalue weighted by atomic mass is 14.9. The smallest absolute Gasteiger partial charge is 0.00681 e. The number of unbranched alkanes of at least 4 members (excludes halogenated alkanes) is 2. The summed E-state index contributed by atoms with van der Waals surface area (Å²) in [5, 5.41) is 3.37. The number of hydrogen-bond donors (Lipinski definition) is 3. The number of piperidine rings is 1. The van der Waals surface area contributed by atoms with Crippen molar-refractivity contribution < 1.29 is 0 Å². The fourth-order valence-corrected chi connectivity index (χ4v) is 2.21. The molecule has 1 aliphatic rings. The molecule has 1 rings (SSSR count). The summed E-state index contributed by atoms with van der Waals surface area (Å²) in [6, 6.07) is 0.426. The van der Waals surface area contributed by atoms with E-state index in [4.69, 9.17) is 11.5 Å². The minimum Gasteiger partial charge on any atom is -0.330 e. The minimum absolute atomic E-state index is 0.426. The molecule has 0 aromatic carbocycles. The Morgan fingerprint density at radius 3 is 2.50 bits per heavy atom. The van der Waals surface area contributed by atoms with Gasteiger partial charge in [-0.3, -0.25) is 0 Å². The molecule has 3 heteroatoms. The first-order valence-corrected chi connectivity index (χ1v) is 6.01. The van der Waals surface area contributed by atoms with Crippen LogP contribution in [-0.2, 0) is 0 Å². The molecule has 1 unspecified atom stereocenters. The van der Waals surface area contributed by atoms with Crippen molar-refractivity contribution >= 4 is 0 Å². The van der Waals surface area contributed by atoms with Crippen LogP contribution in [-0.4, -0.2) is 25.7 Å². The van der Waals surface area contributed by atoms with Gasteiger partial charge in [0.2, 0.25) is 0 Å². The van der Waals surface area contributed by atoms with E-state index in [0.29, 0.717) is 6.04 Å². The molecule has 0 spiro atoms. The van der Waals surface area contributed by atoms with Gasteiger partial charge in [-0.1, -0.05) is 12.8 Å². The van der Waals surface area contributed by atoms with Crippen molar-refractivity contribution in [2.75, 3.05) is 19.6 Å². The monoisotopic (exact) mass is 199 g/mol. The van der Waals surface area contributed by atoms with Crippen LogP contribution in [0.15, 0.2) is 0 Å². The first kappa shape index (κ1) is 12.0. The van der Waals surface area contributed by atoms with Crippen LogP contribution in [0.1, 0.15) is 38.5 Å².